The molecule has 0 aliphatic rings. The summed E-state index contributed by atoms with van der Waals surface area (Å²) in [6, 6.07) is 0. The van der Waals surface area contributed by atoms with E-state index in [0.717, 1.165) is 0 Å². The first kappa shape index (κ1) is 13.4. The van der Waals surface area contributed by atoms with Crippen molar-refractivity contribution in [2.24, 2.45) is 5.41 Å². The number of alkyl halides is 8. The van der Waals surface area contributed by atoms with E-state index in [2.05, 4.69) is 0 Å². The Morgan fingerprint density at radius 3 is 1.36 bits per heavy atom. The van der Waals surface area contributed by atoms with Gasteiger partial charge < -0.3 is 0 Å². The maximum absolute atomic E-state index is 12.3. The molecule has 14 heavy (non-hydrogen) atoms. The summed E-state index contributed by atoms with van der Waals surface area (Å²) in [6.45, 7) is -3.25. The third-order valence-electron chi connectivity index (χ3n) is 1.87. The van der Waals surface area contributed by atoms with Crippen molar-refractivity contribution in [1.82, 2.24) is 0 Å². The first-order valence-corrected chi connectivity index (χ1v) is 3.29. The van der Waals surface area contributed by atoms with Crippen LogP contribution in [0.15, 0.2) is 0 Å². The molecule has 0 nitrogen and oxygen atoms in total. The number of halogens is 8. The highest BCUT2D eigenvalue weighted by molar-refractivity contribution is 4.98. The lowest BCUT2D eigenvalue weighted by Gasteiger charge is -2.36. The molecule has 0 rings (SSSR count). The Kier molecular flexibility index (Phi) is 3.40. The first-order chi connectivity index (χ1) is 6.00. The maximum Gasteiger partial charge on any atom is 0.408 e. The van der Waals surface area contributed by atoms with Gasteiger partial charge in [0.25, 0.3) is 12.3 Å². The van der Waals surface area contributed by atoms with Gasteiger partial charge in [0.1, 0.15) is 6.67 Å². The molecule has 0 aliphatic carbocycles. The van der Waals surface area contributed by atoms with Crippen LogP contribution in [0.1, 0.15) is 6.92 Å². The van der Waals surface area contributed by atoms with Crippen molar-refractivity contribution in [1.29, 1.82) is 0 Å². The lowest BCUT2D eigenvalue weighted by molar-refractivity contribution is -0.334. The number of rotatable bonds is 3. The van der Waals surface area contributed by atoms with E-state index in [1.165, 1.54) is 0 Å². The first-order valence-electron chi connectivity index (χ1n) is 3.29. The van der Waals surface area contributed by atoms with Gasteiger partial charge in [0.2, 0.25) is 5.41 Å². The smallest absolute Gasteiger partial charge is 0.250 e. The second-order valence-electron chi connectivity index (χ2n) is 2.79. The Hall–Kier alpha value is -0.560. The Morgan fingerprint density at radius 1 is 1.00 bits per heavy atom. The molecule has 0 fully saturated rings. The molecule has 0 aromatic heterocycles. The van der Waals surface area contributed by atoms with Crippen molar-refractivity contribution in [3.05, 3.63) is 0 Å². The molecule has 1 atom stereocenters. The van der Waals surface area contributed by atoms with Gasteiger partial charge in [-0.05, 0) is 0 Å². The highest BCUT2D eigenvalue weighted by Crippen LogP contribution is 2.53. The normalized spacial score (nSPS) is 18.4. The fourth-order valence-corrected chi connectivity index (χ4v) is 0.816. The molecular formula is C6H6F8. The molecule has 1 unspecified atom stereocenters. The van der Waals surface area contributed by atoms with Gasteiger partial charge in [-0.3, -0.25) is 0 Å². The van der Waals surface area contributed by atoms with Crippen LogP contribution in [0.4, 0.5) is 35.1 Å². The van der Waals surface area contributed by atoms with Gasteiger partial charge in [-0.1, -0.05) is 0 Å². The molecule has 0 saturated carbocycles. The lowest BCUT2D eigenvalue weighted by Crippen LogP contribution is -2.57. The highest BCUT2D eigenvalue weighted by atomic mass is 19.4. The van der Waals surface area contributed by atoms with Crippen LogP contribution in [0.2, 0.25) is 0 Å². The molecule has 0 aromatic carbocycles. The monoisotopic (exact) mass is 230 g/mol. The molecule has 0 spiro atoms. The molecule has 0 heterocycles. The molecule has 0 N–H and O–H groups in total. The zero-order chi connectivity index (χ0) is 11.8. The molecule has 0 bridgehead atoms. The van der Waals surface area contributed by atoms with Gasteiger partial charge in [-0.15, -0.1) is 0 Å². The Balaban J connectivity index is 5.45. The molecule has 0 aliphatic heterocycles. The summed E-state index contributed by atoms with van der Waals surface area (Å²) in [5, 5.41) is 0. The molecule has 0 radical (unpaired) electrons. The van der Waals surface area contributed by atoms with E-state index in [4.69, 9.17) is 0 Å². The zero-order valence-electron chi connectivity index (χ0n) is 6.81. The quantitative estimate of drug-likeness (QED) is 0.651. The van der Waals surface area contributed by atoms with Crippen molar-refractivity contribution < 1.29 is 35.1 Å². The van der Waals surface area contributed by atoms with Crippen molar-refractivity contribution in [2.45, 2.75) is 25.4 Å². The van der Waals surface area contributed by atoms with E-state index in [9.17, 15) is 35.1 Å². The predicted molar refractivity (Wildman–Crippen MR) is 31.1 cm³/mol. The molecule has 8 heteroatoms. The van der Waals surface area contributed by atoms with Crippen LogP contribution in [0.3, 0.4) is 0 Å². The van der Waals surface area contributed by atoms with E-state index in [0.29, 0.717) is 0 Å². The fourth-order valence-electron chi connectivity index (χ4n) is 0.816. The van der Waals surface area contributed by atoms with Crippen LogP contribution in [-0.4, -0.2) is 25.2 Å². The standard InChI is InChI=1S/C6H6F8/c1-4(10,11)5(2-7,3(8)9)6(12,13)14/h3H,2H2,1H3. The van der Waals surface area contributed by atoms with E-state index < -0.39 is 30.6 Å². The van der Waals surface area contributed by atoms with Gasteiger partial charge in [0.15, 0.2) is 0 Å². The molecule has 86 valence electrons. The maximum atomic E-state index is 12.3. The average molecular weight is 230 g/mol. The zero-order valence-corrected chi connectivity index (χ0v) is 6.81. The summed E-state index contributed by atoms with van der Waals surface area (Å²) in [4.78, 5) is 0. The van der Waals surface area contributed by atoms with E-state index in [-0.39, 0.29) is 6.92 Å². The van der Waals surface area contributed by atoms with E-state index >= 15 is 0 Å². The molecule has 0 aromatic rings. The fraction of sp³-hybridized carbons (Fsp3) is 1.00. The van der Waals surface area contributed by atoms with Crippen LogP contribution in [0.25, 0.3) is 0 Å². The summed E-state index contributed by atoms with van der Waals surface area (Å²) in [5.74, 6) is -4.88. The summed E-state index contributed by atoms with van der Waals surface area (Å²) in [7, 11) is 0. The van der Waals surface area contributed by atoms with Gasteiger partial charge in [-0.25, -0.2) is 22.0 Å². The average Bonchev–Trinajstić information content (AvgIpc) is 1.80. The van der Waals surface area contributed by atoms with Crippen LogP contribution >= 0.6 is 0 Å². The van der Waals surface area contributed by atoms with E-state index in [1.807, 2.05) is 0 Å². The minimum absolute atomic E-state index is 0.383. The van der Waals surface area contributed by atoms with Crippen LogP contribution in [0.5, 0.6) is 0 Å². The summed E-state index contributed by atoms with van der Waals surface area (Å²) >= 11 is 0. The largest absolute Gasteiger partial charge is 0.408 e. The Bertz CT molecular complexity index is 173. The predicted octanol–water partition coefficient (Wildman–Crippen LogP) is 3.42. The Morgan fingerprint density at radius 2 is 1.36 bits per heavy atom. The van der Waals surface area contributed by atoms with Crippen molar-refractivity contribution >= 4 is 0 Å². The molecule has 0 saturated heterocycles. The highest BCUT2D eigenvalue weighted by Gasteiger charge is 2.73. The number of hydrogen-bond donors (Lipinski definition) is 0. The second kappa shape index (κ2) is 3.54. The van der Waals surface area contributed by atoms with Gasteiger partial charge in [0.05, 0.1) is 0 Å². The lowest BCUT2D eigenvalue weighted by atomic mass is 9.82. The van der Waals surface area contributed by atoms with Gasteiger partial charge in [-0.2, -0.15) is 13.2 Å². The van der Waals surface area contributed by atoms with Crippen molar-refractivity contribution in [3.63, 3.8) is 0 Å². The van der Waals surface area contributed by atoms with Gasteiger partial charge in [0, 0.05) is 6.92 Å². The summed E-state index contributed by atoms with van der Waals surface area (Å²) < 4.78 is 96.2. The van der Waals surface area contributed by atoms with Crippen LogP contribution in [-0.2, 0) is 0 Å². The number of hydrogen-bond acceptors (Lipinski definition) is 0. The van der Waals surface area contributed by atoms with Crippen LogP contribution < -0.4 is 0 Å². The molecule has 0 amide bonds. The molecular weight excluding hydrogens is 224 g/mol. The van der Waals surface area contributed by atoms with Crippen LogP contribution in [0, 0.1) is 5.41 Å². The summed E-state index contributed by atoms with van der Waals surface area (Å²) in [6.07, 6.45) is -10.5. The third kappa shape index (κ3) is 1.78. The van der Waals surface area contributed by atoms with Crippen molar-refractivity contribution in [2.75, 3.05) is 6.67 Å². The van der Waals surface area contributed by atoms with E-state index in [1.54, 1.807) is 0 Å². The SMILES string of the molecule is CC(F)(F)C(CF)(C(F)F)C(F)(F)F. The second-order valence-corrected chi connectivity index (χ2v) is 2.79. The Labute approximate surface area is 73.9 Å². The minimum atomic E-state index is -6.01. The topological polar surface area (TPSA) is 0 Å². The van der Waals surface area contributed by atoms with Crippen molar-refractivity contribution in [3.8, 4) is 0 Å². The third-order valence-corrected chi connectivity index (χ3v) is 1.87. The van der Waals surface area contributed by atoms with Gasteiger partial charge >= 0.3 is 6.18 Å². The minimum Gasteiger partial charge on any atom is -0.250 e. The summed E-state index contributed by atoms with van der Waals surface area (Å²) in [5.41, 5.74) is -4.92.